The fourth-order valence-electron chi connectivity index (χ4n) is 0.589. The van der Waals surface area contributed by atoms with Crippen LogP contribution in [0, 0.1) is 12.3 Å². The summed E-state index contributed by atoms with van der Waals surface area (Å²) in [5.74, 6) is 7.38. The molecule has 2 nitrogen and oxygen atoms in total. The third-order valence-corrected chi connectivity index (χ3v) is 1.08. The van der Waals surface area contributed by atoms with Crippen molar-refractivity contribution in [2.75, 3.05) is 6.61 Å². The standard InChI is InChI=1S/C7H13NO/c1-2-3-4-5-6-7-9-8/h1H,3-8H2. The molecule has 0 aliphatic heterocycles. The highest BCUT2D eigenvalue weighted by molar-refractivity contribution is 4.82. The second kappa shape index (κ2) is 7.48. The van der Waals surface area contributed by atoms with E-state index in [-0.39, 0.29) is 0 Å². The van der Waals surface area contributed by atoms with Crippen LogP contribution in [0.5, 0.6) is 0 Å². The summed E-state index contributed by atoms with van der Waals surface area (Å²) in [6.45, 7) is 0.643. The second-order valence-electron chi connectivity index (χ2n) is 1.89. The summed E-state index contributed by atoms with van der Waals surface area (Å²) in [7, 11) is 0. The van der Waals surface area contributed by atoms with E-state index in [1.807, 2.05) is 0 Å². The van der Waals surface area contributed by atoms with Crippen LogP contribution in [0.4, 0.5) is 0 Å². The lowest BCUT2D eigenvalue weighted by Gasteiger charge is -1.94. The molecular weight excluding hydrogens is 114 g/mol. The molecule has 2 heteroatoms. The van der Waals surface area contributed by atoms with Gasteiger partial charge in [-0.25, -0.2) is 5.90 Å². The SMILES string of the molecule is C#CCCCCCON. The van der Waals surface area contributed by atoms with Crippen molar-refractivity contribution >= 4 is 0 Å². The number of hydrogen-bond acceptors (Lipinski definition) is 2. The van der Waals surface area contributed by atoms with Crippen molar-refractivity contribution in [3.8, 4) is 12.3 Å². The Kier molecular flexibility index (Phi) is 7.05. The third-order valence-electron chi connectivity index (χ3n) is 1.08. The Labute approximate surface area is 56.3 Å². The highest BCUT2D eigenvalue weighted by Gasteiger charge is 1.85. The number of unbranched alkanes of at least 4 members (excludes halogenated alkanes) is 3. The molecule has 52 valence electrons. The topological polar surface area (TPSA) is 35.2 Å². The predicted molar refractivity (Wildman–Crippen MR) is 37.4 cm³/mol. The number of terminal acetylenes is 1. The molecule has 0 aromatic heterocycles. The van der Waals surface area contributed by atoms with Gasteiger partial charge in [-0.05, 0) is 12.8 Å². The maximum atomic E-state index is 5.04. The van der Waals surface area contributed by atoms with Gasteiger partial charge in [-0.3, -0.25) is 0 Å². The number of hydrogen-bond donors (Lipinski definition) is 1. The summed E-state index contributed by atoms with van der Waals surface area (Å²) in [6, 6.07) is 0. The molecule has 0 atom stereocenters. The van der Waals surface area contributed by atoms with E-state index in [1.54, 1.807) is 0 Å². The second-order valence-corrected chi connectivity index (χ2v) is 1.89. The molecule has 9 heavy (non-hydrogen) atoms. The van der Waals surface area contributed by atoms with Crippen LogP contribution in [0.3, 0.4) is 0 Å². The van der Waals surface area contributed by atoms with Gasteiger partial charge in [-0.15, -0.1) is 12.3 Å². The first-order valence-electron chi connectivity index (χ1n) is 3.17. The molecule has 0 unspecified atom stereocenters. The third kappa shape index (κ3) is 7.48. The summed E-state index contributed by atoms with van der Waals surface area (Å²) >= 11 is 0. The van der Waals surface area contributed by atoms with Crippen LogP contribution in [-0.2, 0) is 4.84 Å². The highest BCUT2D eigenvalue weighted by Crippen LogP contribution is 1.97. The molecule has 0 amide bonds. The summed E-state index contributed by atoms with van der Waals surface area (Å²) in [6.07, 6.45) is 9.11. The molecule has 0 aliphatic carbocycles. The maximum absolute atomic E-state index is 5.04. The lowest BCUT2D eigenvalue weighted by atomic mass is 10.2. The first-order chi connectivity index (χ1) is 4.41. The van der Waals surface area contributed by atoms with Gasteiger partial charge in [0.25, 0.3) is 0 Å². The van der Waals surface area contributed by atoms with Crippen molar-refractivity contribution in [2.24, 2.45) is 5.90 Å². The average molecular weight is 127 g/mol. The van der Waals surface area contributed by atoms with E-state index in [4.69, 9.17) is 12.3 Å². The van der Waals surface area contributed by atoms with Crippen LogP contribution in [-0.4, -0.2) is 6.61 Å². The minimum absolute atomic E-state index is 0.643. The summed E-state index contributed by atoms with van der Waals surface area (Å²) in [5, 5.41) is 0. The summed E-state index contributed by atoms with van der Waals surface area (Å²) in [4.78, 5) is 4.37. The van der Waals surface area contributed by atoms with E-state index in [1.165, 1.54) is 0 Å². The zero-order valence-corrected chi connectivity index (χ0v) is 5.60. The van der Waals surface area contributed by atoms with E-state index in [9.17, 15) is 0 Å². The van der Waals surface area contributed by atoms with E-state index in [0.29, 0.717) is 6.61 Å². The average Bonchev–Trinajstić information content (AvgIpc) is 1.89. The molecule has 0 rings (SSSR count). The zero-order chi connectivity index (χ0) is 6.95. The first kappa shape index (κ1) is 8.48. The summed E-state index contributed by atoms with van der Waals surface area (Å²) < 4.78 is 0. The largest absolute Gasteiger partial charge is 0.305 e. The molecule has 0 heterocycles. The Balaban J connectivity index is 2.69. The summed E-state index contributed by atoms with van der Waals surface area (Å²) in [5.41, 5.74) is 0. The van der Waals surface area contributed by atoms with E-state index in [0.717, 1.165) is 25.7 Å². The van der Waals surface area contributed by atoms with Crippen molar-refractivity contribution in [3.63, 3.8) is 0 Å². The molecule has 0 aliphatic rings. The van der Waals surface area contributed by atoms with Crippen LogP contribution in [0.25, 0.3) is 0 Å². The van der Waals surface area contributed by atoms with Crippen LogP contribution < -0.4 is 5.90 Å². The molecular formula is C7H13NO. The van der Waals surface area contributed by atoms with Gasteiger partial charge >= 0.3 is 0 Å². The molecule has 0 saturated carbocycles. The van der Waals surface area contributed by atoms with E-state index < -0.39 is 0 Å². The first-order valence-corrected chi connectivity index (χ1v) is 3.17. The molecule has 0 spiro atoms. The van der Waals surface area contributed by atoms with Gasteiger partial charge in [0.2, 0.25) is 0 Å². The minimum atomic E-state index is 0.643. The minimum Gasteiger partial charge on any atom is -0.305 e. The van der Waals surface area contributed by atoms with Crippen LogP contribution in [0.15, 0.2) is 0 Å². The number of rotatable bonds is 5. The monoisotopic (exact) mass is 127 g/mol. The van der Waals surface area contributed by atoms with Gasteiger partial charge in [0.05, 0.1) is 6.61 Å². The van der Waals surface area contributed by atoms with Crippen molar-refractivity contribution < 1.29 is 4.84 Å². The van der Waals surface area contributed by atoms with Crippen molar-refractivity contribution in [1.29, 1.82) is 0 Å². The quantitative estimate of drug-likeness (QED) is 0.340. The zero-order valence-electron chi connectivity index (χ0n) is 5.60. The molecule has 0 aromatic rings. The predicted octanol–water partition coefficient (Wildman–Crippen LogP) is 1.07. The van der Waals surface area contributed by atoms with Gasteiger partial charge in [0.15, 0.2) is 0 Å². The molecule has 0 radical (unpaired) electrons. The lowest BCUT2D eigenvalue weighted by molar-refractivity contribution is 0.133. The Morgan fingerprint density at radius 3 is 2.67 bits per heavy atom. The lowest BCUT2D eigenvalue weighted by Crippen LogP contribution is -1.99. The fourth-order valence-corrected chi connectivity index (χ4v) is 0.589. The van der Waals surface area contributed by atoms with Gasteiger partial charge < -0.3 is 4.84 Å². The fraction of sp³-hybridized carbons (Fsp3) is 0.714. The molecule has 2 N–H and O–H groups in total. The van der Waals surface area contributed by atoms with Crippen LogP contribution >= 0.6 is 0 Å². The van der Waals surface area contributed by atoms with Crippen LogP contribution in [0.2, 0.25) is 0 Å². The van der Waals surface area contributed by atoms with E-state index in [2.05, 4.69) is 10.8 Å². The Morgan fingerprint density at radius 2 is 2.11 bits per heavy atom. The van der Waals surface area contributed by atoms with Crippen molar-refractivity contribution in [3.05, 3.63) is 0 Å². The van der Waals surface area contributed by atoms with Gasteiger partial charge in [-0.2, -0.15) is 0 Å². The normalized spacial score (nSPS) is 8.89. The van der Waals surface area contributed by atoms with Gasteiger partial charge in [-0.1, -0.05) is 6.42 Å². The Bertz CT molecular complexity index is 85.4. The van der Waals surface area contributed by atoms with Gasteiger partial charge in [0.1, 0.15) is 0 Å². The number of nitrogens with two attached hydrogens (primary N) is 1. The molecule has 0 bridgehead atoms. The van der Waals surface area contributed by atoms with Gasteiger partial charge in [0, 0.05) is 6.42 Å². The Morgan fingerprint density at radius 1 is 1.33 bits per heavy atom. The molecule has 0 fully saturated rings. The smallest absolute Gasteiger partial charge is 0.0679 e. The highest BCUT2D eigenvalue weighted by atomic mass is 16.6. The molecule has 0 saturated heterocycles. The van der Waals surface area contributed by atoms with Crippen molar-refractivity contribution in [1.82, 2.24) is 0 Å². The van der Waals surface area contributed by atoms with Crippen LogP contribution in [0.1, 0.15) is 25.7 Å². The Hall–Kier alpha value is -0.520. The van der Waals surface area contributed by atoms with Crippen molar-refractivity contribution in [2.45, 2.75) is 25.7 Å². The van der Waals surface area contributed by atoms with E-state index >= 15 is 0 Å². The molecule has 0 aromatic carbocycles. The maximum Gasteiger partial charge on any atom is 0.0679 e.